The van der Waals surface area contributed by atoms with E-state index in [1.807, 2.05) is 0 Å². The van der Waals surface area contributed by atoms with Gasteiger partial charge < -0.3 is 0 Å². The summed E-state index contributed by atoms with van der Waals surface area (Å²) in [5.41, 5.74) is 2.56. The quantitative estimate of drug-likeness (QED) is 0.702. The molecule has 1 aliphatic rings. The van der Waals surface area contributed by atoms with Gasteiger partial charge >= 0.3 is 0 Å². The van der Waals surface area contributed by atoms with Crippen LogP contribution in [0.5, 0.6) is 0 Å². The fraction of sp³-hybridized carbons (Fsp3) is 0.500. The summed E-state index contributed by atoms with van der Waals surface area (Å²) in [6.07, 6.45) is 5.14. The van der Waals surface area contributed by atoms with Crippen molar-refractivity contribution in [2.24, 2.45) is 0 Å². The van der Waals surface area contributed by atoms with E-state index in [0.717, 1.165) is 13.0 Å². The van der Waals surface area contributed by atoms with Crippen molar-refractivity contribution in [3.63, 3.8) is 0 Å². The Morgan fingerprint density at radius 2 is 1.88 bits per heavy atom. The van der Waals surface area contributed by atoms with Crippen LogP contribution in [0.2, 0.25) is 0 Å². The molecule has 1 heterocycles. The summed E-state index contributed by atoms with van der Waals surface area (Å²) in [6.45, 7) is 5.57. The van der Waals surface area contributed by atoms with Crippen LogP contribution in [0.1, 0.15) is 37.3 Å². The average Bonchev–Trinajstić information content (AvgIpc) is 2.40. The Morgan fingerprint density at radius 3 is 2.65 bits per heavy atom. The number of aryl methyl sites for hydroxylation is 1. The third-order valence-corrected chi connectivity index (χ3v) is 3.37. The molecule has 1 aromatic carbocycles. The first kappa shape index (κ1) is 12.2. The summed E-state index contributed by atoms with van der Waals surface area (Å²) in [5.74, 6) is 6.64. The number of benzene rings is 1. The third-order valence-electron chi connectivity index (χ3n) is 3.37. The van der Waals surface area contributed by atoms with Crippen molar-refractivity contribution in [1.82, 2.24) is 4.90 Å². The molecule has 1 aliphatic heterocycles. The highest BCUT2D eigenvalue weighted by atomic mass is 15.1. The van der Waals surface area contributed by atoms with E-state index in [1.165, 1.54) is 43.5 Å². The fourth-order valence-corrected chi connectivity index (χ4v) is 2.31. The Bertz CT molecular complexity index is 405. The highest BCUT2D eigenvalue weighted by Gasteiger charge is 2.07. The van der Waals surface area contributed by atoms with Crippen LogP contribution in [0.4, 0.5) is 0 Å². The highest BCUT2D eigenvalue weighted by molar-refractivity contribution is 5.41. The normalized spacial score (nSPS) is 16.3. The van der Waals surface area contributed by atoms with Gasteiger partial charge in [-0.15, -0.1) is 0 Å². The van der Waals surface area contributed by atoms with E-state index in [4.69, 9.17) is 0 Å². The number of hydrogen-bond donors (Lipinski definition) is 0. The molecular weight excluding hydrogens is 206 g/mol. The average molecular weight is 227 g/mol. The van der Waals surface area contributed by atoms with Crippen molar-refractivity contribution in [2.45, 2.75) is 32.6 Å². The summed E-state index contributed by atoms with van der Waals surface area (Å²) in [6, 6.07) is 8.46. The standard InChI is InChI=1S/C16H21N/c1-2-15-9-4-5-10-16(15)11-8-14-17-12-6-3-7-13-17/h4-5,9-10H,2-3,6-7,12-14H2,1H3. The smallest absolute Gasteiger partial charge is 0.0605 e. The van der Waals surface area contributed by atoms with Gasteiger partial charge in [-0.25, -0.2) is 0 Å². The van der Waals surface area contributed by atoms with Gasteiger partial charge in [-0.05, 0) is 44.0 Å². The van der Waals surface area contributed by atoms with Crippen molar-refractivity contribution in [1.29, 1.82) is 0 Å². The molecule has 1 aromatic rings. The van der Waals surface area contributed by atoms with Gasteiger partial charge in [0, 0.05) is 5.56 Å². The Hall–Kier alpha value is -1.26. The van der Waals surface area contributed by atoms with Crippen LogP contribution < -0.4 is 0 Å². The van der Waals surface area contributed by atoms with Crippen molar-refractivity contribution in [3.8, 4) is 11.8 Å². The number of piperidine rings is 1. The summed E-state index contributed by atoms with van der Waals surface area (Å²) in [7, 11) is 0. The molecule has 1 fully saturated rings. The third kappa shape index (κ3) is 3.61. The van der Waals surface area contributed by atoms with E-state index < -0.39 is 0 Å². The topological polar surface area (TPSA) is 3.24 Å². The first-order valence-corrected chi connectivity index (χ1v) is 6.69. The van der Waals surface area contributed by atoms with E-state index in [-0.39, 0.29) is 0 Å². The molecule has 0 aromatic heterocycles. The van der Waals surface area contributed by atoms with Crippen LogP contribution in [-0.4, -0.2) is 24.5 Å². The first-order valence-electron chi connectivity index (χ1n) is 6.69. The minimum atomic E-state index is 0.929. The van der Waals surface area contributed by atoms with Gasteiger partial charge in [-0.3, -0.25) is 4.90 Å². The summed E-state index contributed by atoms with van der Waals surface area (Å²) in [4.78, 5) is 2.46. The van der Waals surface area contributed by atoms with E-state index in [1.54, 1.807) is 0 Å². The maximum absolute atomic E-state index is 3.32. The van der Waals surface area contributed by atoms with E-state index in [0.29, 0.717) is 0 Å². The number of likely N-dealkylation sites (tertiary alicyclic amines) is 1. The lowest BCUT2D eigenvalue weighted by molar-refractivity contribution is 0.255. The minimum Gasteiger partial charge on any atom is -0.292 e. The van der Waals surface area contributed by atoms with Crippen molar-refractivity contribution < 1.29 is 0 Å². The van der Waals surface area contributed by atoms with Crippen LogP contribution in [-0.2, 0) is 6.42 Å². The van der Waals surface area contributed by atoms with E-state index in [9.17, 15) is 0 Å². The molecule has 90 valence electrons. The second kappa shape index (κ2) is 6.47. The molecular formula is C16H21N. The molecule has 1 saturated heterocycles. The number of hydrogen-bond acceptors (Lipinski definition) is 1. The lowest BCUT2D eigenvalue weighted by Gasteiger charge is -2.23. The lowest BCUT2D eigenvalue weighted by Crippen LogP contribution is -2.29. The Balaban J connectivity index is 1.95. The van der Waals surface area contributed by atoms with E-state index >= 15 is 0 Å². The molecule has 1 heteroatoms. The maximum Gasteiger partial charge on any atom is 0.0605 e. The molecule has 0 saturated carbocycles. The Labute approximate surface area is 105 Å². The molecule has 0 N–H and O–H groups in total. The van der Waals surface area contributed by atoms with Gasteiger partial charge in [0.05, 0.1) is 6.54 Å². The van der Waals surface area contributed by atoms with Crippen molar-refractivity contribution in [2.75, 3.05) is 19.6 Å². The molecule has 17 heavy (non-hydrogen) atoms. The molecule has 0 bridgehead atoms. The molecule has 0 amide bonds. The monoisotopic (exact) mass is 227 g/mol. The summed E-state index contributed by atoms with van der Waals surface area (Å²) in [5, 5.41) is 0. The second-order valence-corrected chi connectivity index (χ2v) is 4.65. The largest absolute Gasteiger partial charge is 0.292 e. The molecule has 1 nitrogen and oxygen atoms in total. The lowest BCUT2D eigenvalue weighted by atomic mass is 10.1. The maximum atomic E-state index is 3.32. The number of nitrogens with zero attached hydrogens (tertiary/aromatic N) is 1. The summed E-state index contributed by atoms with van der Waals surface area (Å²) < 4.78 is 0. The fourth-order valence-electron chi connectivity index (χ4n) is 2.31. The van der Waals surface area contributed by atoms with Gasteiger partial charge in [-0.1, -0.05) is 43.4 Å². The van der Waals surface area contributed by atoms with Crippen LogP contribution in [0.25, 0.3) is 0 Å². The molecule has 2 rings (SSSR count). The highest BCUT2D eigenvalue weighted by Crippen LogP contribution is 2.09. The van der Waals surface area contributed by atoms with Gasteiger partial charge in [0.2, 0.25) is 0 Å². The predicted octanol–water partition coefficient (Wildman–Crippen LogP) is 3.09. The molecule has 0 radical (unpaired) electrons. The van der Waals surface area contributed by atoms with Gasteiger partial charge in [0.15, 0.2) is 0 Å². The zero-order valence-electron chi connectivity index (χ0n) is 10.7. The van der Waals surface area contributed by atoms with Crippen molar-refractivity contribution in [3.05, 3.63) is 35.4 Å². The Morgan fingerprint density at radius 1 is 1.12 bits per heavy atom. The molecule has 0 aliphatic carbocycles. The first-order chi connectivity index (χ1) is 8.40. The van der Waals surface area contributed by atoms with Crippen molar-refractivity contribution >= 4 is 0 Å². The minimum absolute atomic E-state index is 0.929. The molecule has 0 unspecified atom stereocenters. The number of rotatable bonds is 2. The van der Waals surface area contributed by atoms with Gasteiger partial charge in [0.1, 0.15) is 0 Å². The summed E-state index contributed by atoms with van der Waals surface area (Å²) >= 11 is 0. The second-order valence-electron chi connectivity index (χ2n) is 4.65. The molecule has 0 atom stereocenters. The van der Waals surface area contributed by atoms with Crippen LogP contribution in [0.15, 0.2) is 24.3 Å². The SMILES string of the molecule is CCc1ccccc1C#CCN1CCCCC1. The van der Waals surface area contributed by atoms with Gasteiger partial charge in [0.25, 0.3) is 0 Å². The zero-order chi connectivity index (χ0) is 11.9. The van der Waals surface area contributed by atoms with Crippen LogP contribution >= 0.6 is 0 Å². The zero-order valence-corrected chi connectivity index (χ0v) is 10.7. The Kier molecular flexibility index (Phi) is 4.64. The van der Waals surface area contributed by atoms with Crippen LogP contribution in [0, 0.1) is 11.8 Å². The molecule has 0 spiro atoms. The van der Waals surface area contributed by atoms with E-state index in [2.05, 4.69) is 47.9 Å². The predicted molar refractivity (Wildman–Crippen MR) is 73.0 cm³/mol. The van der Waals surface area contributed by atoms with Crippen LogP contribution in [0.3, 0.4) is 0 Å². The van der Waals surface area contributed by atoms with Gasteiger partial charge in [-0.2, -0.15) is 0 Å².